The Bertz CT molecular complexity index is 1030. The van der Waals surface area contributed by atoms with Gasteiger partial charge in [0.2, 0.25) is 5.75 Å². The van der Waals surface area contributed by atoms with Crippen molar-refractivity contribution in [3.8, 4) is 17.2 Å². The minimum atomic E-state index is -0.424. The summed E-state index contributed by atoms with van der Waals surface area (Å²) >= 11 is 0. The molecule has 0 spiro atoms. The van der Waals surface area contributed by atoms with E-state index >= 15 is 0 Å². The van der Waals surface area contributed by atoms with Gasteiger partial charge in [-0.1, -0.05) is 42.5 Å². The lowest BCUT2D eigenvalue weighted by Gasteiger charge is -2.36. The zero-order chi connectivity index (χ0) is 22.3. The van der Waals surface area contributed by atoms with E-state index in [0.717, 1.165) is 31.7 Å². The number of benzene rings is 3. The lowest BCUT2D eigenvalue weighted by atomic mass is 10.1. The van der Waals surface area contributed by atoms with E-state index in [-0.39, 0.29) is 0 Å². The van der Waals surface area contributed by atoms with Gasteiger partial charge in [0.1, 0.15) is 0 Å². The van der Waals surface area contributed by atoms with Gasteiger partial charge in [-0.3, -0.25) is 4.90 Å². The first kappa shape index (κ1) is 21.7. The van der Waals surface area contributed by atoms with Crippen LogP contribution in [0.3, 0.4) is 0 Å². The fraction of sp³-hybridized carbons (Fsp3) is 0.269. The standard InChI is InChI=1S/C26H28N2O4/c1-30-23-14-13-21(19-27-15-17-28(18-16-27)22-11-7-4-8-12-22)24(25(23)31-2)32-26(29)20-9-5-3-6-10-20/h3-14H,15-19H2,1-2H3. The summed E-state index contributed by atoms with van der Waals surface area (Å²) in [5.74, 6) is 0.941. The summed E-state index contributed by atoms with van der Waals surface area (Å²) in [5.41, 5.74) is 2.62. The lowest BCUT2D eigenvalue weighted by molar-refractivity contribution is 0.0725. The number of hydrogen-bond donors (Lipinski definition) is 0. The molecule has 3 aromatic rings. The Kier molecular flexibility index (Phi) is 6.92. The first-order valence-corrected chi connectivity index (χ1v) is 10.7. The number of piperazine rings is 1. The molecule has 0 radical (unpaired) electrons. The van der Waals surface area contributed by atoms with Crippen molar-refractivity contribution in [2.75, 3.05) is 45.3 Å². The number of esters is 1. The largest absolute Gasteiger partial charge is 0.493 e. The molecule has 1 fully saturated rings. The van der Waals surface area contributed by atoms with Crippen LogP contribution in [0.1, 0.15) is 15.9 Å². The molecule has 166 valence electrons. The normalized spacial score (nSPS) is 14.1. The van der Waals surface area contributed by atoms with Crippen LogP contribution in [-0.4, -0.2) is 51.3 Å². The van der Waals surface area contributed by atoms with Crippen LogP contribution in [0.2, 0.25) is 0 Å². The molecule has 32 heavy (non-hydrogen) atoms. The molecule has 0 aromatic heterocycles. The highest BCUT2D eigenvalue weighted by atomic mass is 16.6. The van der Waals surface area contributed by atoms with Crippen LogP contribution < -0.4 is 19.1 Å². The van der Waals surface area contributed by atoms with Crippen molar-refractivity contribution in [2.24, 2.45) is 0 Å². The molecule has 0 atom stereocenters. The molecule has 3 aromatic carbocycles. The Morgan fingerprint density at radius 3 is 2.06 bits per heavy atom. The first-order valence-electron chi connectivity index (χ1n) is 10.7. The number of methoxy groups -OCH3 is 2. The first-order chi connectivity index (χ1) is 15.7. The van der Waals surface area contributed by atoms with Gasteiger partial charge in [-0.05, 0) is 30.3 Å². The minimum absolute atomic E-state index is 0.409. The van der Waals surface area contributed by atoms with Crippen molar-refractivity contribution < 1.29 is 19.0 Å². The van der Waals surface area contributed by atoms with Crippen molar-refractivity contribution >= 4 is 11.7 Å². The summed E-state index contributed by atoms with van der Waals surface area (Å²) in [6, 6.07) is 23.2. The van der Waals surface area contributed by atoms with E-state index in [2.05, 4.69) is 34.1 Å². The van der Waals surface area contributed by atoms with Gasteiger partial charge < -0.3 is 19.1 Å². The van der Waals surface area contributed by atoms with Gasteiger partial charge in [0.15, 0.2) is 11.5 Å². The topological polar surface area (TPSA) is 51.2 Å². The summed E-state index contributed by atoms with van der Waals surface area (Å²) < 4.78 is 16.9. The van der Waals surface area contributed by atoms with E-state index in [0.29, 0.717) is 29.4 Å². The van der Waals surface area contributed by atoms with Gasteiger partial charge in [0.25, 0.3) is 0 Å². The Labute approximate surface area is 188 Å². The smallest absolute Gasteiger partial charge is 0.343 e. The number of anilines is 1. The highest BCUT2D eigenvalue weighted by molar-refractivity contribution is 5.91. The Balaban J connectivity index is 1.52. The van der Waals surface area contributed by atoms with Gasteiger partial charge in [-0.25, -0.2) is 4.79 Å². The number of para-hydroxylation sites is 1. The third-order valence-corrected chi connectivity index (χ3v) is 5.67. The molecule has 0 aliphatic carbocycles. The number of hydrogen-bond acceptors (Lipinski definition) is 6. The van der Waals surface area contributed by atoms with Crippen molar-refractivity contribution in [2.45, 2.75) is 6.54 Å². The third kappa shape index (κ3) is 4.86. The zero-order valence-electron chi connectivity index (χ0n) is 18.5. The van der Waals surface area contributed by atoms with Crippen LogP contribution in [0, 0.1) is 0 Å². The highest BCUT2D eigenvalue weighted by Gasteiger charge is 2.24. The molecule has 1 aliphatic heterocycles. The van der Waals surface area contributed by atoms with Gasteiger partial charge >= 0.3 is 5.97 Å². The number of carbonyl (C=O) groups excluding carboxylic acids is 1. The number of rotatable bonds is 7. The predicted octanol–water partition coefficient (Wildman–Crippen LogP) is 4.25. The maximum Gasteiger partial charge on any atom is 0.343 e. The Morgan fingerprint density at radius 1 is 0.781 bits per heavy atom. The summed E-state index contributed by atoms with van der Waals surface area (Å²) in [5, 5.41) is 0. The molecule has 6 nitrogen and oxygen atoms in total. The minimum Gasteiger partial charge on any atom is -0.493 e. The zero-order valence-corrected chi connectivity index (χ0v) is 18.5. The number of ether oxygens (including phenoxy) is 3. The van der Waals surface area contributed by atoms with Crippen LogP contribution in [0.4, 0.5) is 5.69 Å². The van der Waals surface area contributed by atoms with Crippen LogP contribution in [-0.2, 0) is 6.54 Å². The van der Waals surface area contributed by atoms with E-state index in [1.807, 2.05) is 36.4 Å². The summed E-state index contributed by atoms with van der Waals surface area (Å²) in [7, 11) is 3.13. The second-order valence-corrected chi connectivity index (χ2v) is 7.64. The predicted molar refractivity (Wildman–Crippen MR) is 125 cm³/mol. The van der Waals surface area contributed by atoms with Gasteiger partial charge in [0.05, 0.1) is 19.8 Å². The molecule has 0 amide bonds. The van der Waals surface area contributed by atoms with Crippen LogP contribution >= 0.6 is 0 Å². The highest BCUT2D eigenvalue weighted by Crippen LogP contribution is 2.41. The SMILES string of the molecule is COc1ccc(CN2CCN(c3ccccc3)CC2)c(OC(=O)c2ccccc2)c1OC. The van der Waals surface area contributed by atoms with E-state index in [4.69, 9.17) is 14.2 Å². The van der Waals surface area contributed by atoms with Gasteiger partial charge in [-0.2, -0.15) is 0 Å². The van der Waals surface area contributed by atoms with Gasteiger partial charge in [-0.15, -0.1) is 0 Å². The number of carbonyl (C=O) groups is 1. The molecule has 0 saturated carbocycles. The molecular formula is C26H28N2O4. The monoisotopic (exact) mass is 432 g/mol. The van der Waals surface area contributed by atoms with E-state index in [1.165, 1.54) is 5.69 Å². The van der Waals surface area contributed by atoms with Crippen LogP contribution in [0.25, 0.3) is 0 Å². The molecular weight excluding hydrogens is 404 g/mol. The van der Waals surface area contributed by atoms with Crippen LogP contribution in [0.15, 0.2) is 72.8 Å². The van der Waals surface area contributed by atoms with Crippen molar-refractivity contribution in [3.05, 3.63) is 83.9 Å². The Morgan fingerprint density at radius 2 is 1.44 bits per heavy atom. The summed E-state index contributed by atoms with van der Waals surface area (Å²) in [6.45, 7) is 4.36. The maximum absolute atomic E-state index is 12.8. The lowest BCUT2D eigenvalue weighted by Crippen LogP contribution is -2.46. The molecule has 6 heteroatoms. The van der Waals surface area contributed by atoms with Crippen molar-refractivity contribution in [1.82, 2.24) is 4.90 Å². The summed E-state index contributed by atoms with van der Waals surface area (Å²) in [6.07, 6.45) is 0. The molecule has 0 unspecified atom stereocenters. The fourth-order valence-corrected chi connectivity index (χ4v) is 3.95. The molecule has 1 heterocycles. The fourth-order valence-electron chi connectivity index (χ4n) is 3.95. The average molecular weight is 433 g/mol. The summed E-state index contributed by atoms with van der Waals surface area (Å²) in [4.78, 5) is 17.5. The van der Waals surface area contributed by atoms with Crippen LogP contribution in [0.5, 0.6) is 17.2 Å². The Hall–Kier alpha value is -3.51. The molecule has 4 rings (SSSR count). The van der Waals surface area contributed by atoms with E-state index in [1.54, 1.807) is 26.4 Å². The molecule has 1 aliphatic rings. The molecule has 0 bridgehead atoms. The molecule has 0 N–H and O–H groups in total. The van der Waals surface area contributed by atoms with Gasteiger partial charge in [0, 0.05) is 44.0 Å². The average Bonchev–Trinajstić information content (AvgIpc) is 2.86. The quantitative estimate of drug-likeness (QED) is 0.411. The second kappa shape index (κ2) is 10.2. The third-order valence-electron chi connectivity index (χ3n) is 5.67. The second-order valence-electron chi connectivity index (χ2n) is 7.64. The van der Waals surface area contributed by atoms with E-state index in [9.17, 15) is 4.79 Å². The number of nitrogens with zero attached hydrogens (tertiary/aromatic N) is 2. The van der Waals surface area contributed by atoms with Crippen molar-refractivity contribution in [1.29, 1.82) is 0 Å². The van der Waals surface area contributed by atoms with E-state index < -0.39 is 5.97 Å². The maximum atomic E-state index is 12.8. The van der Waals surface area contributed by atoms with Crippen molar-refractivity contribution in [3.63, 3.8) is 0 Å². The molecule has 1 saturated heterocycles.